The number of benzene rings is 1. The molecule has 4 aliphatic rings. The van der Waals surface area contributed by atoms with Crippen LogP contribution in [0.15, 0.2) is 18.2 Å². The molecule has 29 heavy (non-hydrogen) atoms. The Balaban J connectivity index is 1.29. The lowest BCUT2D eigenvalue weighted by atomic mass is 9.97. The van der Waals surface area contributed by atoms with Gasteiger partial charge >= 0.3 is 0 Å². The fourth-order valence-corrected chi connectivity index (χ4v) is 4.08. The minimum atomic E-state index is 0.411. The number of ether oxygens (including phenoxy) is 4. The highest BCUT2D eigenvalue weighted by molar-refractivity contribution is 5.32. The lowest BCUT2D eigenvalue weighted by molar-refractivity contribution is 0.210. The highest BCUT2D eigenvalue weighted by Crippen LogP contribution is 2.24. The molecular weight excluding hydrogens is 368 g/mol. The van der Waals surface area contributed by atoms with E-state index in [4.69, 9.17) is 18.9 Å². The summed E-state index contributed by atoms with van der Waals surface area (Å²) in [6, 6.07) is 7.18. The topological polar surface area (TPSA) is 56.6 Å². The van der Waals surface area contributed by atoms with E-state index in [1.54, 1.807) is 0 Å². The van der Waals surface area contributed by atoms with Crippen LogP contribution >= 0.6 is 0 Å². The van der Waals surface area contributed by atoms with E-state index in [1.165, 1.54) is 16.7 Å². The van der Waals surface area contributed by atoms with E-state index in [0.29, 0.717) is 30.3 Å². The van der Waals surface area contributed by atoms with Gasteiger partial charge in [-0.2, -0.15) is 0 Å². The van der Waals surface area contributed by atoms with Gasteiger partial charge in [0.2, 0.25) is 0 Å². The van der Waals surface area contributed by atoms with Crippen molar-refractivity contribution in [1.82, 2.24) is 9.80 Å². The van der Waals surface area contributed by atoms with Gasteiger partial charge in [0.05, 0.1) is 50.8 Å². The first kappa shape index (κ1) is 19.9. The summed E-state index contributed by atoms with van der Waals surface area (Å²) in [6.45, 7) is 14.1. The van der Waals surface area contributed by atoms with Crippen molar-refractivity contribution >= 4 is 0 Å². The van der Waals surface area contributed by atoms with E-state index in [1.807, 2.05) is 0 Å². The standard InChI is InChI=1S/C23H34N2O4/c1-16(2)19-4-17(6-24(8-20-12-26-20)9-21-13-27-21)3-18(5-19)7-25(10-22-14-28-22)11-23-15-29-23/h3-5,16,20-23H,6-15H2,1-2H3. The summed E-state index contributed by atoms with van der Waals surface area (Å²) in [5, 5.41) is 0. The molecule has 0 aliphatic carbocycles. The Kier molecular flexibility index (Phi) is 5.92. The van der Waals surface area contributed by atoms with E-state index < -0.39 is 0 Å². The van der Waals surface area contributed by atoms with Crippen LogP contribution in [0.1, 0.15) is 36.5 Å². The van der Waals surface area contributed by atoms with Crippen molar-refractivity contribution in [3.63, 3.8) is 0 Å². The second kappa shape index (κ2) is 8.61. The quantitative estimate of drug-likeness (QED) is 0.471. The van der Waals surface area contributed by atoms with Crippen molar-refractivity contribution in [2.24, 2.45) is 0 Å². The Labute approximate surface area is 174 Å². The van der Waals surface area contributed by atoms with Crippen molar-refractivity contribution in [3.05, 3.63) is 34.9 Å². The maximum absolute atomic E-state index is 5.49. The van der Waals surface area contributed by atoms with Crippen molar-refractivity contribution < 1.29 is 18.9 Å². The van der Waals surface area contributed by atoms with Gasteiger partial charge in [-0.1, -0.05) is 32.0 Å². The summed E-state index contributed by atoms with van der Waals surface area (Å²) >= 11 is 0. The Morgan fingerprint density at radius 3 is 1.31 bits per heavy atom. The normalized spacial score (nSPS) is 29.7. The molecule has 5 rings (SSSR count). The van der Waals surface area contributed by atoms with Gasteiger partial charge in [-0.15, -0.1) is 0 Å². The summed E-state index contributed by atoms with van der Waals surface area (Å²) in [5.41, 5.74) is 4.23. The molecule has 0 aromatic heterocycles. The van der Waals surface area contributed by atoms with Crippen LogP contribution in [-0.4, -0.2) is 86.8 Å². The molecule has 4 heterocycles. The average molecular weight is 403 g/mol. The lowest BCUT2D eigenvalue weighted by Crippen LogP contribution is -2.32. The van der Waals surface area contributed by atoms with Gasteiger partial charge in [0.25, 0.3) is 0 Å². The smallest absolute Gasteiger partial charge is 0.0936 e. The molecule has 0 bridgehead atoms. The van der Waals surface area contributed by atoms with Gasteiger partial charge in [0.1, 0.15) is 0 Å². The molecule has 0 spiro atoms. The molecule has 0 saturated carbocycles. The molecule has 160 valence electrons. The Morgan fingerprint density at radius 2 is 1.03 bits per heavy atom. The van der Waals surface area contributed by atoms with Gasteiger partial charge in [-0.25, -0.2) is 0 Å². The molecule has 6 nitrogen and oxygen atoms in total. The lowest BCUT2D eigenvalue weighted by Gasteiger charge is -2.24. The third-order valence-electron chi connectivity index (χ3n) is 6.01. The van der Waals surface area contributed by atoms with Crippen molar-refractivity contribution in [2.45, 2.75) is 57.3 Å². The predicted molar refractivity (Wildman–Crippen MR) is 110 cm³/mol. The molecule has 4 atom stereocenters. The maximum atomic E-state index is 5.49. The first-order chi connectivity index (χ1) is 14.1. The van der Waals surface area contributed by atoms with Gasteiger partial charge < -0.3 is 18.9 Å². The van der Waals surface area contributed by atoms with Crippen molar-refractivity contribution in [2.75, 3.05) is 52.6 Å². The monoisotopic (exact) mass is 402 g/mol. The van der Waals surface area contributed by atoms with Crippen molar-refractivity contribution in [1.29, 1.82) is 0 Å². The third-order valence-corrected chi connectivity index (χ3v) is 6.01. The molecule has 4 unspecified atom stereocenters. The Bertz CT molecular complexity index is 616. The van der Waals surface area contributed by atoms with Gasteiger partial charge in [-0.05, 0) is 22.6 Å². The molecule has 0 radical (unpaired) electrons. The first-order valence-corrected chi connectivity index (χ1v) is 11.1. The van der Waals surface area contributed by atoms with Crippen molar-refractivity contribution in [3.8, 4) is 0 Å². The summed E-state index contributed by atoms with van der Waals surface area (Å²) in [7, 11) is 0. The van der Waals surface area contributed by atoms with Crippen LogP contribution in [0, 0.1) is 0 Å². The zero-order chi connectivity index (χ0) is 19.8. The Hall–Kier alpha value is -1.02. The van der Waals surface area contributed by atoms with Crippen LogP contribution in [0.3, 0.4) is 0 Å². The average Bonchev–Trinajstić information content (AvgIpc) is 3.51. The largest absolute Gasteiger partial charge is 0.372 e. The van der Waals surface area contributed by atoms with E-state index in [0.717, 1.165) is 65.7 Å². The zero-order valence-corrected chi connectivity index (χ0v) is 17.7. The summed E-state index contributed by atoms with van der Waals surface area (Å²) < 4.78 is 22.0. The summed E-state index contributed by atoms with van der Waals surface area (Å²) in [4.78, 5) is 5.01. The fourth-order valence-electron chi connectivity index (χ4n) is 4.08. The number of epoxide rings is 4. The van der Waals surface area contributed by atoms with Gasteiger partial charge in [0, 0.05) is 39.3 Å². The van der Waals surface area contributed by atoms with Gasteiger partial charge in [-0.3, -0.25) is 9.80 Å². The number of hydrogen-bond donors (Lipinski definition) is 0. The molecule has 4 saturated heterocycles. The van der Waals surface area contributed by atoms with Crippen LogP contribution in [0.4, 0.5) is 0 Å². The highest BCUT2D eigenvalue weighted by Gasteiger charge is 2.32. The summed E-state index contributed by atoms with van der Waals surface area (Å²) in [5.74, 6) is 0.521. The second-order valence-corrected chi connectivity index (χ2v) is 9.45. The number of nitrogens with zero attached hydrogens (tertiary/aromatic N) is 2. The molecule has 1 aromatic carbocycles. The highest BCUT2D eigenvalue weighted by atomic mass is 16.6. The molecule has 6 heteroatoms. The van der Waals surface area contributed by atoms with Crippen LogP contribution in [0.25, 0.3) is 0 Å². The molecule has 1 aromatic rings. The minimum absolute atomic E-state index is 0.411. The summed E-state index contributed by atoms with van der Waals surface area (Å²) in [6.07, 6.45) is 1.64. The van der Waals surface area contributed by atoms with E-state index in [-0.39, 0.29) is 0 Å². The van der Waals surface area contributed by atoms with Crippen LogP contribution < -0.4 is 0 Å². The third kappa shape index (κ3) is 6.48. The minimum Gasteiger partial charge on any atom is -0.372 e. The van der Waals surface area contributed by atoms with Gasteiger partial charge in [0.15, 0.2) is 0 Å². The van der Waals surface area contributed by atoms with E-state index in [9.17, 15) is 0 Å². The molecule has 0 amide bonds. The first-order valence-electron chi connectivity index (χ1n) is 11.1. The van der Waals surface area contributed by atoms with Crippen LogP contribution in [0.5, 0.6) is 0 Å². The number of hydrogen-bond acceptors (Lipinski definition) is 6. The predicted octanol–water partition coefficient (Wildman–Crippen LogP) is 2.01. The van der Waals surface area contributed by atoms with E-state index >= 15 is 0 Å². The number of rotatable bonds is 13. The maximum Gasteiger partial charge on any atom is 0.0936 e. The molecule has 4 aliphatic heterocycles. The molecule has 4 fully saturated rings. The van der Waals surface area contributed by atoms with Crippen LogP contribution in [-0.2, 0) is 32.0 Å². The van der Waals surface area contributed by atoms with Crippen LogP contribution in [0.2, 0.25) is 0 Å². The molecule has 0 N–H and O–H groups in total. The molecular formula is C23H34N2O4. The zero-order valence-electron chi connectivity index (χ0n) is 17.7. The fraction of sp³-hybridized carbons (Fsp3) is 0.739. The Morgan fingerprint density at radius 1 is 0.690 bits per heavy atom. The second-order valence-electron chi connectivity index (χ2n) is 9.45. The SMILES string of the molecule is CC(C)c1cc(CN(CC2CO2)CC2CO2)cc(CN(CC2CO2)CC2CO2)c1. The van der Waals surface area contributed by atoms with E-state index in [2.05, 4.69) is 41.8 Å².